The first-order valence-corrected chi connectivity index (χ1v) is 8.13. The maximum atomic E-state index is 6.28. The highest BCUT2D eigenvalue weighted by Crippen LogP contribution is 2.37. The third kappa shape index (κ3) is 2.77. The first-order valence-electron chi connectivity index (χ1n) is 8.13. The summed E-state index contributed by atoms with van der Waals surface area (Å²) in [5.41, 5.74) is 8.49. The largest absolute Gasteiger partial charge is 0.496 e. The van der Waals surface area contributed by atoms with Crippen molar-refractivity contribution in [2.75, 3.05) is 18.9 Å². The van der Waals surface area contributed by atoms with Gasteiger partial charge in [-0.2, -0.15) is 0 Å². The van der Waals surface area contributed by atoms with Crippen LogP contribution < -0.4 is 11.2 Å². The van der Waals surface area contributed by atoms with Gasteiger partial charge in [0.25, 0.3) is 0 Å². The van der Waals surface area contributed by atoms with Gasteiger partial charge in [-0.3, -0.25) is 0 Å². The van der Waals surface area contributed by atoms with Crippen LogP contribution in [0.15, 0.2) is 18.2 Å². The van der Waals surface area contributed by atoms with Crippen LogP contribution in [0.3, 0.4) is 0 Å². The Kier molecular flexibility index (Phi) is 4.00. The van der Waals surface area contributed by atoms with Crippen molar-refractivity contribution in [1.82, 2.24) is 0 Å². The molecule has 0 saturated carbocycles. The average Bonchev–Trinajstić information content (AvgIpc) is 2.68. The molecule has 2 aliphatic heterocycles. The number of hydrogen-bond acceptors (Lipinski definition) is 4. The Balaban J connectivity index is 1.81. The molecule has 1 aromatic rings. The molecular formula is C17H26BNO3. The minimum atomic E-state index is -0.401. The first kappa shape index (κ1) is 15.8. The van der Waals surface area contributed by atoms with Crippen molar-refractivity contribution < 1.29 is 14.0 Å². The molecule has 1 atom stereocenters. The highest BCUT2D eigenvalue weighted by Gasteiger charge is 2.52. The molecule has 0 radical (unpaired) electrons. The summed E-state index contributed by atoms with van der Waals surface area (Å²) < 4.78 is 17.7. The molecule has 120 valence electrons. The van der Waals surface area contributed by atoms with E-state index in [1.807, 2.05) is 6.07 Å². The van der Waals surface area contributed by atoms with Crippen LogP contribution in [-0.4, -0.2) is 31.5 Å². The first-order chi connectivity index (χ1) is 10.3. The third-order valence-corrected chi connectivity index (χ3v) is 5.25. The highest BCUT2D eigenvalue weighted by molar-refractivity contribution is 6.63. The van der Waals surface area contributed by atoms with E-state index in [0.29, 0.717) is 5.92 Å². The summed E-state index contributed by atoms with van der Waals surface area (Å²) in [6.07, 6.45) is 2.28. The second-order valence-corrected chi connectivity index (χ2v) is 7.39. The number of hydrogen-bond donors (Lipinski definition) is 1. The second-order valence-electron chi connectivity index (χ2n) is 7.39. The molecule has 0 aliphatic carbocycles. The molecule has 0 amide bonds. The molecule has 4 nitrogen and oxygen atoms in total. The lowest BCUT2D eigenvalue weighted by atomic mass is 9.76. The van der Waals surface area contributed by atoms with Gasteiger partial charge in [0.05, 0.1) is 17.8 Å². The predicted molar refractivity (Wildman–Crippen MR) is 89.4 cm³/mol. The molecule has 0 spiro atoms. The molecule has 2 heterocycles. The second kappa shape index (κ2) is 5.55. The minimum absolute atomic E-state index is 0.347. The van der Waals surface area contributed by atoms with Crippen molar-refractivity contribution in [3.8, 4) is 0 Å². The van der Waals surface area contributed by atoms with E-state index in [4.69, 9.17) is 19.8 Å². The average molecular weight is 303 g/mol. The normalized spacial score (nSPS) is 27.1. The van der Waals surface area contributed by atoms with Crippen molar-refractivity contribution >= 4 is 18.3 Å². The molecule has 5 heteroatoms. The molecular weight excluding hydrogens is 277 g/mol. The van der Waals surface area contributed by atoms with Crippen molar-refractivity contribution in [2.24, 2.45) is 0 Å². The van der Waals surface area contributed by atoms with Gasteiger partial charge in [0.1, 0.15) is 0 Å². The van der Waals surface area contributed by atoms with E-state index in [2.05, 4.69) is 39.8 Å². The lowest BCUT2D eigenvalue weighted by Crippen LogP contribution is -2.41. The highest BCUT2D eigenvalue weighted by atomic mass is 16.7. The topological polar surface area (TPSA) is 53.7 Å². The van der Waals surface area contributed by atoms with Crippen LogP contribution in [0.1, 0.15) is 52.0 Å². The summed E-state index contributed by atoms with van der Waals surface area (Å²) in [7, 11) is -0.401. The quantitative estimate of drug-likeness (QED) is 0.673. The number of anilines is 1. The van der Waals surface area contributed by atoms with Crippen LogP contribution in [0, 0.1) is 0 Å². The van der Waals surface area contributed by atoms with Gasteiger partial charge < -0.3 is 19.8 Å². The lowest BCUT2D eigenvalue weighted by Gasteiger charge is -2.32. The number of benzene rings is 1. The van der Waals surface area contributed by atoms with E-state index < -0.39 is 7.12 Å². The fraction of sp³-hybridized carbons (Fsp3) is 0.647. The Morgan fingerprint density at radius 1 is 1.14 bits per heavy atom. The van der Waals surface area contributed by atoms with Gasteiger partial charge in [0, 0.05) is 23.7 Å². The summed E-state index contributed by atoms with van der Waals surface area (Å²) >= 11 is 0. The van der Waals surface area contributed by atoms with Gasteiger partial charge in [-0.15, -0.1) is 0 Å². The molecule has 3 rings (SSSR count). The number of nitrogen functional groups attached to an aromatic ring is 1. The number of ether oxygens (including phenoxy) is 1. The molecule has 1 aromatic carbocycles. The predicted octanol–water partition coefficient (Wildman–Crippen LogP) is 2.46. The molecule has 22 heavy (non-hydrogen) atoms. The van der Waals surface area contributed by atoms with Crippen LogP contribution >= 0.6 is 0 Å². The zero-order valence-electron chi connectivity index (χ0n) is 14.0. The van der Waals surface area contributed by atoms with Crippen LogP contribution in [0.4, 0.5) is 5.69 Å². The van der Waals surface area contributed by atoms with E-state index in [9.17, 15) is 0 Å². The summed E-state index contributed by atoms with van der Waals surface area (Å²) in [4.78, 5) is 0. The Bertz CT molecular complexity index is 537. The number of nitrogens with two attached hydrogens (primary N) is 1. The van der Waals surface area contributed by atoms with Crippen molar-refractivity contribution in [2.45, 2.75) is 57.7 Å². The summed E-state index contributed by atoms with van der Waals surface area (Å²) in [6, 6.07) is 6.23. The fourth-order valence-electron chi connectivity index (χ4n) is 3.04. The number of rotatable bonds is 2. The van der Waals surface area contributed by atoms with Gasteiger partial charge in [0.15, 0.2) is 0 Å². The SMILES string of the molecule is CC1(C)OB(c2ccc(C3CCCOC3)cc2N)OC1(C)C. The van der Waals surface area contributed by atoms with Crippen molar-refractivity contribution in [1.29, 1.82) is 0 Å². The third-order valence-electron chi connectivity index (χ3n) is 5.25. The van der Waals surface area contributed by atoms with E-state index >= 15 is 0 Å². The molecule has 2 N–H and O–H groups in total. The summed E-state index contributed by atoms with van der Waals surface area (Å²) in [5, 5.41) is 0. The zero-order valence-corrected chi connectivity index (χ0v) is 14.0. The van der Waals surface area contributed by atoms with Gasteiger partial charge in [0.2, 0.25) is 0 Å². The Morgan fingerprint density at radius 2 is 1.82 bits per heavy atom. The van der Waals surface area contributed by atoms with Crippen molar-refractivity contribution in [3.63, 3.8) is 0 Å². The van der Waals surface area contributed by atoms with Crippen LogP contribution in [-0.2, 0) is 14.0 Å². The standard InChI is InChI=1S/C17H26BNO3/c1-16(2)17(3,4)22-18(21-16)14-8-7-12(10-15(14)19)13-6-5-9-20-11-13/h7-8,10,13H,5-6,9,11,19H2,1-4H3. The lowest BCUT2D eigenvalue weighted by molar-refractivity contribution is 0.00578. The van der Waals surface area contributed by atoms with E-state index in [1.165, 1.54) is 5.56 Å². The Morgan fingerprint density at radius 3 is 2.36 bits per heavy atom. The molecule has 0 bridgehead atoms. The van der Waals surface area contributed by atoms with Gasteiger partial charge in [-0.25, -0.2) is 0 Å². The Hall–Kier alpha value is -1.04. The Labute approximate surface area is 133 Å². The van der Waals surface area contributed by atoms with Gasteiger partial charge in [-0.05, 0) is 52.2 Å². The van der Waals surface area contributed by atoms with Gasteiger partial charge in [-0.1, -0.05) is 12.1 Å². The van der Waals surface area contributed by atoms with Crippen LogP contribution in [0.2, 0.25) is 0 Å². The maximum Gasteiger partial charge on any atom is 0.496 e. The molecule has 2 aliphatic rings. The van der Waals surface area contributed by atoms with E-state index in [0.717, 1.165) is 37.2 Å². The molecule has 2 fully saturated rings. The van der Waals surface area contributed by atoms with E-state index in [-0.39, 0.29) is 11.2 Å². The monoisotopic (exact) mass is 303 g/mol. The van der Waals surface area contributed by atoms with Crippen molar-refractivity contribution in [3.05, 3.63) is 23.8 Å². The molecule has 2 saturated heterocycles. The van der Waals surface area contributed by atoms with E-state index in [1.54, 1.807) is 0 Å². The minimum Gasteiger partial charge on any atom is -0.399 e. The van der Waals surface area contributed by atoms with Crippen LogP contribution in [0.25, 0.3) is 0 Å². The van der Waals surface area contributed by atoms with Gasteiger partial charge >= 0.3 is 7.12 Å². The smallest absolute Gasteiger partial charge is 0.399 e. The zero-order chi connectivity index (χ0) is 16.0. The fourth-order valence-corrected chi connectivity index (χ4v) is 3.04. The summed E-state index contributed by atoms with van der Waals surface area (Å²) in [6.45, 7) is 9.87. The van der Waals surface area contributed by atoms with Crippen LogP contribution in [0.5, 0.6) is 0 Å². The maximum absolute atomic E-state index is 6.28. The molecule has 0 aromatic heterocycles. The molecule has 1 unspecified atom stereocenters. The summed E-state index contributed by atoms with van der Waals surface area (Å²) in [5.74, 6) is 0.448.